The Labute approximate surface area is 111 Å². The van der Waals surface area contributed by atoms with Crippen molar-refractivity contribution in [1.29, 1.82) is 0 Å². The molecule has 2 unspecified atom stereocenters. The molecular weight excluding hydrogens is 240 g/mol. The second-order valence-electron chi connectivity index (χ2n) is 5.34. The van der Waals surface area contributed by atoms with Crippen LogP contribution in [-0.4, -0.2) is 15.1 Å². The van der Waals surface area contributed by atoms with E-state index in [1.807, 2.05) is 25.1 Å². The quantitative estimate of drug-likeness (QED) is 0.867. The van der Waals surface area contributed by atoms with E-state index in [-0.39, 0.29) is 22.9 Å². The van der Waals surface area contributed by atoms with Gasteiger partial charge in [0, 0.05) is 5.92 Å². The third kappa shape index (κ3) is 2.14. The molecule has 2 atom stereocenters. The number of nitrogens with one attached hydrogen (secondary N) is 1. The lowest BCUT2D eigenvalue weighted by Crippen LogP contribution is -2.13. The van der Waals surface area contributed by atoms with Crippen LogP contribution in [0.1, 0.15) is 30.7 Å². The molecule has 4 heteroatoms. The number of benzene rings is 1. The molecule has 0 saturated heterocycles. The van der Waals surface area contributed by atoms with E-state index >= 15 is 0 Å². The predicted octanol–water partition coefficient (Wildman–Crippen LogP) is 2.57. The van der Waals surface area contributed by atoms with Crippen LogP contribution in [0.2, 0.25) is 0 Å². The molecule has 0 amide bonds. The number of hydrogen-bond donors (Lipinski definition) is 2. The predicted molar refractivity (Wildman–Crippen MR) is 73.2 cm³/mol. The Morgan fingerprint density at radius 1 is 1.42 bits per heavy atom. The minimum absolute atomic E-state index is 0.177. The zero-order chi connectivity index (χ0) is 13.6. The summed E-state index contributed by atoms with van der Waals surface area (Å²) in [4.78, 5) is 19.1. The summed E-state index contributed by atoms with van der Waals surface area (Å²) >= 11 is 0. The number of hydrogen-bond acceptors (Lipinski definition) is 3. The zero-order valence-electron chi connectivity index (χ0n) is 11.0. The van der Waals surface area contributed by atoms with Crippen molar-refractivity contribution < 1.29 is 5.11 Å². The molecule has 1 aromatic carbocycles. The monoisotopic (exact) mass is 256 g/mol. The maximum absolute atomic E-state index is 12.2. The third-order valence-corrected chi connectivity index (χ3v) is 3.69. The fourth-order valence-corrected chi connectivity index (χ4v) is 2.42. The van der Waals surface area contributed by atoms with Crippen molar-refractivity contribution in [2.75, 3.05) is 0 Å². The van der Waals surface area contributed by atoms with Gasteiger partial charge in [0.25, 0.3) is 5.56 Å². The fourth-order valence-electron chi connectivity index (χ4n) is 2.42. The van der Waals surface area contributed by atoms with Crippen molar-refractivity contribution in [2.24, 2.45) is 5.92 Å². The molecule has 0 aliphatic heterocycles. The van der Waals surface area contributed by atoms with Crippen LogP contribution in [0.15, 0.2) is 29.1 Å². The van der Waals surface area contributed by atoms with Crippen LogP contribution in [0.4, 0.5) is 0 Å². The van der Waals surface area contributed by atoms with Gasteiger partial charge in [0.05, 0.1) is 0 Å². The minimum atomic E-state index is -0.271. The molecule has 1 aliphatic carbocycles. The fraction of sp³-hybridized carbons (Fsp3) is 0.333. The summed E-state index contributed by atoms with van der Waals surface area (Å²) in [5.74, 6) is 1.24. The van der Waals surface area contributed by atoms with Gasteiger partial charge in [0.15, 0.2) is 0 Å². The smallest absolute Gasteiger partial charge is 0.262 e. The van der Waals surface area contributed by atoms with E-state index < -0.39 is 0 Å². The molecule has 1 aliphatic rings. The topological polar surface area (TPSA) is 66.0 Å². The SMILES string of the molecule is Cc1cccc(-c2c(O)nc(C3CC3C)[nH]c2=O)c1. The van der Waals surface area contributed by atoms with Crippen molar-refractivity contribution in [2.45, 2.75) is 26.2 Å². The molecule has 1 heterocycles. The van der Waals surface area contributed by atoms with Crippen LogP contribution >= 0.6 is 0 Å². The Balaban J connectivity index is 2.10. The van der Waals surface area contributed by atoms with Crippen LogP contribution in [0.5, 0.6) is 5.88 Å². The summed E-state index contributed by atoms with van der Waals surface area (Å²) in [6, 6.07) is 7.48. The average molecular weight is 256 g/mol. The number of H-pyrrole nitrogens is 1. The second kappa shape index (κ2) is 4.23. The lowest BCUT2D eigenvalue weighted by Gasteiger charge is -2.06. The molecule has 0 spiro atoms. The Morgan fingerprint density at radius 3 is 2.74 bits per heavy atom. The van der Waals surface area contributed by atoms with E-state index in [4.69, 9.17) is 0 Å². The first-order chi connectivity index (χ1) is 9.06. The van der Waals surface area contributed by atoms with Crippen LogP contribution in [0, 0.1) is 12.8 Å². The Morgan fingerprint density at radius 2 is 2.16 bits per heavy atom. The lowest BCUT2D eigenvalue weighted by molar-refractivity contribution is 0.449. The first-order valence-corrected chi connectivity index (χ1v) is 6.46. The average Bonchev–Trinajstić information content (AvgIpc) is 3.05. The van der Waals surface area contributed by atoms with Gasteiger partial charge in [-0.25, -0.2) is 0 Å². The highest BCUT2D eigenvalue weighted by Crippen LogP contribution is 2.45. The van der Waals surface area contributed by atoms with E-state index in [2.05, 4.69) is 16.9 Å². The molecular formula is C15H16N2O2. The van der Waals surface area contributed by atoms with Crippen molar-refractivity contribution in [3.8, 4) is 17.0 Å². The van der Waals surface area contributed by atoms with Crippen LogP contribution < -0.4 is 5.56 Å². The minimum Gasteiger partial charge on any atom is -0.493 e. The molecule has 0 radical (unpaired) electrons. The number of nitrogens with zero attached hydrogens (tertiary/aromatic N) is 1. The summed E-state index contributed by atoms with van der Waals surface area (Å²) in [5, 5.41) is 10.0. The van der Waals surface area contributed by atoms with Gasteiger partial charge in [0.1, 0.15) is 11.4 Å². The highest BCUT2D eigenvalue weighted by Gasteiger charge is 2.36. The highest BCUT2D eigenvalue weighted by atomic mass is 16.3. The van der Waals surface area contributed by atoms with Crippen LogP contribution in [0.25, 0.3) is 11.1 Å². The molecule has 1 aromatic heterocycles. The summed E-state index contributed by atoms with van der Waals surface area (Å²) in [6.45, 7) is 4.05. The van der Waals surface area contributed by atoms with Gasteiger partial charge < -0.3 is 10.1 Å². The Bertz CT molecular complexity index is 691. The molecule has 2 N–H and O–H groups in total. The summed E-state index contributed by atoms with van der Waals surface area (Å²) in [7, 11) is 0. The third-order valence-electron chi connectivity index (χ3n) is 3.69. The Kier molecular flexibility index (Phi) is 2.66. The summed E-state index contributed by atoms with van der Waals surface area (Å²) < 4.78 is 0. The first-order valence-electron chi connectivity index (χ1n) is 6.46. The van der Waals surface area contributed by atoms with E-state index in [1.54, 1.807) is 6.07 Å². The standard InChI is InChI=1S/C15H16N2O2/c1-8-4-3-5-10(6-8)12-14(18)16-13(17-15(12)19)11-7-9(11)2/h3-6,9,11H,7H2,1-2H3,(H2,16,17,18,19). The molecule has 98 valence electrons. The number of aromatic hydroxyl groups is 1. The van der Waals surface area contributed by atoms with E-state index in [9.17, 15) is 9.90 Å². The van der Waals surface area contributed by atoms with Gasteiger partial charge in [0.2, 0.25) is 5.88 Å². The van der Waals surface area contributed by atoms with Crippen molar-refractivity contribution in [3.63, 3.8) is 0 Å². The van der Waals surface area contributed by atoms with Gasteiger partial charge in [-0.1, -0.05) is 36.8 Å². The van der Waals surface area contributed by atoms with Gasteiger partial charge in [-0.05, 0) is 24.8 Å². The van der Waals surface area contributed by atoms with Crippen molar-refractivity contribution in [3.05, 3.63) is 46.0 Å². The number of aryl methyl sites for hydroxylation is 1. The van der Waals surface area contributed by atoms with E-state index in [0.717, 1.165) is 12.0 Å². The molecule has 4 nitrogen and oxygen atoms in total. The van der Waals surface area contributed by atoms with E-state index in [1.165, 1.54) is 0 Å². The molecule has 2 aromatic rings. The summed E-state index contributed by atoms with van der Waals surface area (Å²) in [6.07, 6.45) is 1.02. The van der Waals surface area contributed by atoms with Gasteiger partial charge in [-0.2, -0.15) is 4.98 Å². The maximum Gasteiger partial charge on any atom is 0.262 e. The normalized spacial score (nSPS) is 21.4. The largest absolute Gasteiger partial charge is 0.493 e. The van der Waals surface area contributed by atoms with Crippen molar-refractivity contribution in [1.82, 2.24) is 9.97 Å². The lowest BCUT2D eigenvalue weighted by atomic mass is 10.1. The molecule has 3 rings (SSSR count). The summed E-state index contributed by atoms with van der Waals surface area (Å²) in [5.41, 5.74) is 1.71. The molecule has 0 bridgehead atoms. The van der Waals surface area contributed by atoms with Crippen LogP contribution in [0.3, 0.4) is 0 Å². The molecule has 1 fully saturated rings. The number of aromatic amines is 1. The van der Waals surface area contributed by atoms with Crippen LogP contribution in [-0.2, 0) is 0 Å². The zero-order valence-corrected chi connectivity index (χ0v) is 11.0. The van der Waals surface area contributed by atoms with Gasteiger partial charge >= 0.3 is 0 Å². The Hall–Kier alpha value is -2.10. The number of aromatic nitrogens is 2. The molecule has 19 heavy (non-hydrogen) atoms. The van der Waals surface area contributed by atoms with Crippen molar-refractivity contribution >= 4 is 0 Å². The molecule has 1 saturated carbocycles. The van der Waals surface area contributed by atoms with Gasteiger partial charge in [-0.3, -0.25) is 4.79 Å². The first kappa shape index (κ1) is 12.0. The van der Waals surface area contributed by atoms with E-state index in [0.29, 0.717) is 17.3 Å². The maximum atomic E-state index is 12.2. The highest BCUT2D eigenvalue weighted by molar-refractivity contribution is 5.67. The second-order valence-corrected chi connectivity index (χ2v) is 5.34. The van der Waals surface area contributed by atoms with Gasteiger partial charge in [-0.15, -0.1) is 0 Å². The number of rotatable bonds is 2.